The standard InChI is InChI=1S/C15H19ClF3N3OS.ClH/c1-24-10-2-3-12(16)11(8-10)14(23)21-9-13(15(17,18)19)22-6-4-20-5-7-22;/h2-3,8,13,20H,4-7,9H2,1H3,(H,21,23);1H. The highest BCUT2D eigenvalue weighted by atomic mass is 35.5. The zero-order chi connectivity index (χ0) is 17.7. The molecule has 1 amide bonds. The predicted octanol–water partition coefficient (Wildman–Crippen LogP) is 3.05. The van der Waals surface area contributed by atoms with Crippen LogP contribution in [0.1, 0.15) is 10.4 Å². The SMILES string of the molecule is CSc1ccc(Cl)c(C(=O)NCC(N2CCNCC2)C(F)(F)F)c1.Cl. The molecule has 1 aliphatic heterocycles. The lowest BCUT2D eigenvalue weighted by Gasteiger charge is -2.35. The summed E-state index contributed by atoms with van der Waals surface area (Å²) in [7, 11) is 0. The van der Waals surface area contributed by atoms with Gasteiger partial charge in [0.05, 0.1) is 10.6 Å². The van der Waals surface area contributed by atoms with E-state index in [0.29, 0.717) is 26.2 Å². The number of amides is 1. The van der Waals surface area contributed by atoms with Crippen LogP contribution in [0.5, 0.6) is 0 Å². The summed E-state index contributed by atoms with van der Waals surface area (Å²) >= 11 is 7.42. The van der Waals surface area contributed by atoms with Gasteiger partial charge in [0.15, 0.2) is 0 Å². The molecule has 10 heteroatoms. The van der Waals surface area contributed by atoms with Crippen LogP contribution in [0.2, 0.25) is 5.02 Å². The summed E-state index contributed by atoms with van der Waals surface area (Å²) in [6.45, 7) is 1.10. The van der Waals surface area contributed by atoms with Crippen molar-refractivity contribution in [1.29, 1.82) is 0 Å². The lowest BCUT2D eigenvalue weighted by Crippen LogP contribution is -2.57. The number of carbonyl (C=O) groups is 1. The minimum atomic E-state index is -4.41. The number of alkyl halides is 3. The molecular formula is C15H20Cl2F3N3OS. The molecule has 1 aliphatic rings. The van der Waals surface area contributed by atoms with Crippen LogP contribution in [0.25, 0.3) is 0 Å². The number of benzene rings is 1. The smallest absolute Gasteiger partial charge is 0.350 e. The fourth-order valence-corrected chi connectivity index (χ4v) is 3.18. The van der Waals surface area contributed by atoms with E-state index in [-0.39, 0.29) is 23.0 Å². The molecular weight excluding hydrogens is 398 g/mol. The van der Waals surface area contributed by atoms with Crippen LogP contribution in [0.4, 0.5) is 13.2 Å². The van der Waals surface area contributed by atoms with E-state index in [0.717, 1.165) is 4.90 Å². The topological polar surface area (TPSA) is 44.4 Å². The number of hydrogen-bond donors (Lipinski definition) is 2. The van der Waals surface area contributed by atoms with E-state index < -0.39 is 24.7 Å². The Hall–Kier alpha value is -0.670. The molecule has 0 aliphatic carbocycles. The van der Waals surface area contributed by atoms with Gasteiger partial charge in [-0.25, -0.2) is 0 Å². The van der Waals surface area contributed by atoms with E-state index in [9.17, 15) is 18.0 Å². The van der Waals surface area contributed by atoms with Crippen molar-refractivity contribution in [2.45, 2.75) is 17.1 Å². The van der Waals surface area contributed by atoms with Gasteiger partial charge < -0.3 is 10.6 Å². The van der Waals surface area contributed by atoms with E-state index >= 15 is 0 Å². The quantitative estimate of drug-likeness (QED) is 0.722. The monoisotopic (exact) mass is 417 g/mol. The van der Waals surface area contributed by atoms with Crippen molar-refractivity contribution in [3.05, 3.63) is 28.8 Å². The van der Waals surface area contributed by atoms with Gasteiger partial charge >= 0.3 is 6.18 Å². The summed E-state index contributed by atoms with van der Waals surface area (Å²) in [6.07, 6.45) is -2.56. The first-order chi connectivity index (χ1) is 11.3. The van der Waals surface area contributed by atoms with Crippen molar-refractivity contribution in [2.24, 2.45) is 0 Å². The Bertz CT molecular complexity index is 584. The maximum Gasteiger partial charge on any atom is 0.405 e. The summed E-state index contributed by atoms with van der Waals surface area (Å²) in [6, 6.07) is 3.20. The van der Waals surface area contributed by atoms with Crippen molar-refractivity contribution >= 4 is 41.7 Å². The van der Waals surface area contributed by atoms with E-state index in [1.165, 1.54) is 16.7 Å². The summed E-state index contributed by atoms with van der Waals surface area (Å²) < 4.78 is 39.9. The van der Waals surface area contributed by atoms with Gasteiger partial charge in [-0.05, 0) is 24.5 Å². The third kappa shape index (κ3) is 6.21. The van der Waals surface area contributed by atoms with Crippen LogP contribution in [-0.4, -0.2) is 62.0 Å². The zero-order valence-corrected chi connectivity index (χ0v) is 15.9. The second kappa shape index (κ2) is 9.87. The van der Waals surface area contributed by atoms with Gasteiger partial charge in [0.25, 0.3) is 5.91 Å². The normalized spacial score (nSPS) is 16.8. The molecule has 142 valence electrons. The lowest BCUT2D eigenvalue weighted by molar-refractivity contribution is -0.183. The predicted molar refractivity (Wildman–Crippen MR) is 97.1 cm³/mol. The fraction of sp³-hybridized carbons (Fsp3) is 0.533. The molecule has 1 saturated heterocycles. The Labute approximate surface area is 160 Å². The van der Waals surface area contributed by atoms with Crippen LogP contribution in [-0.2, 0) is 0 Å². The number of halogens is 5. The maximum absolute atomic E-state index is 13.3. The molecule has 1 aromatic carbocycles. The van der Waals surface area contributed by atoms with Gasteiger partial charge in [0, 0.05) is 37.6 Å². The van der Waals surface area contributed by atoms with E-state index in [4.69, 9.17) is 11.6 Å². The Balaban J connectivity index is 0.00000312. The molecule has 0 radical (unpaired) electrons. The summed E-state index contributed by atoms with van der Waals surface area (Å²) in [5.74, 6) is -0.597. The van der Waals surface area contributed by atoms with E-state index in [1.54, 1.807) is 18.2 Å². The van der Waals surface area contributed by atoms with E-state index in [1.807, 2.05) is 6.26 Å². The first-order valence-corrected chi connectivity index (χ1v) is 9.06. The molecule has 1 unspecified atom stereocenters. The fourth-order valence-electron chi connectivity index (χ4n) is 2.54. The highest BCUT2D eigenvalue weighted by molar-refractivity contribution is 7.98. The highest BCUT2D eigenvalue weighted by Crippen LogP contribution is 2.26. The van der Waals surface area contributed by atoms with Crippen LogP contribution >= 0.6 is 35.8 Å². The molecule has 2 N–H and O–H groups in total. The number of nitrogens with zero attached hydrogens (tertiary/aromatic N) is 1. The third-order valence-electron chi connectivity index (χ3n) is 3.84. The molecule has 1 fully saturated rings. The van der Waals surface area contributed by atoms with Gasteiger partial charge in [0.1, 0.15) is 6.04 Å². The number of thioether (sulfide) groups is 1. The molecule has 0 saturated carbocycles. The van der Waals surface area contributed by atoms with Gasteiger partial charge in [-0.3, -0.25) is 9.69 Å². The van der Waals surface area contributed by atoms with Crippen molar-refractivity contribution in [3.63, 3.8) is 0 Å². The minimum Gasteiger partial charge on any atom is -0.350 e. The molecule has 25 heavy (non-hydrogen) atoms. The number of rotatable bonds is 5. The first kappa shape index (κ1) is 22.4. The van der Waals surface area contributed by atoms with Crippen molar-refractivity contribution in [1.82, 2.24) is 15.5 Å². The van der Waals surface area contributed by atoms with Gasteiger partial charge in [-0.2, -0.15) is 13.2 Å². The second-order valence-electron chi connectivity index (χ2n) is 5.40. The molecule has 0 bridgehead atoms. The van der Waals surface area contributed by atoms with Crippen LogP contribution < -0.4 is 10.6 Å². The average Bonchev–Trinajstić information content (AvgIpc) is 2.55. The van der Waals surface area contributed by atoms with Crippen LogP contribution in [0.3, 0.4) is 0 Å². The summed E-state index contributed by atoms with van der Waals surface area (Å²) in [5, 5.41) is 5.61. The molecule has 0 spiro atoms. The number of nitrogens with one attached hydrogen (secondary N) is 2. The Morgan fingerprint density at radius 2 is 2.04 bits per heavy atom. The number of carbonyl (C=O) groups excluding carboxylic acids is 1. The average molecular weight is 418 g/mol. The molecule has 0 aromatic heterocycles. The van der Waals surface area contributed by atoms with Crippen molar-refractivity contribution in [3.8, 4) is 0 Å². The van der Waals surface area contributed by atoms with Crippen molar-refractivity contribution < 1.29 is 18.0 Å². The molecule has 1 atom stereocenters. The summed E-state index contributed by atoms with van der Waals surface area (Å²) in [4.78, 5) is 14.4. The highest BCUT2D eigenvalue weighted by Gasteiger charge is 2.43. The Morgan fingerprint density at radius 1 is 1.40 bits per heavy atom. The maximum atomic E-state index is 13.3. The van der Waals surface area contributed by atoms with Crippen LogP contribution in [0, 0.1) is 0 Å². The molecule has 1 heterocycles. The third-order valence-corrected chi connectivity index (χ3v) is 4.90. The summed E-state index contributed by atoms with van der Waals surface area (Å²) in [5.41, 5.74) is 0.185. The van der Waals surface area contributed by atoms with Gasteiger partial charge in [-0.15, -0.1) is 24.2 Å². The second-order valence-corrected chi connectivity index (χ2v) is 6.69. The first-order valence-electron chi connectivity index (χ1n) is 7.46. The Kier molecular flexibility index (Phi) is 8.83. The molecule has 1 aromatic rings. The zero-order valence-electron chi connectivity index (χ0n) is 13.5. The minimum absolute atomic E-state index is 0. The number of piperazine rings is 1. The van der Waals surface area contributed by atoms with Gasteiger partial charge in [0.2, 0.25) is 0 Å². The molecule has 2 rings (SSSR count). The number of hydrogen-bond acceptors (Lipinski definition) is 4. The van der Waals surface area contributed by atoms with E-state index in [2.05, 4.69) is 10.6 Å². The van der Waals surface area contributed by atoms with Crippen LogP contribution in [0.15, 0.2) is 23.1 Å². The lowest BCUT2D eigenvalue weighted by atomic mass is 10.1. The molecule has 4 nitrogen and oxygen atoms in total. The van der Waals surface area contributed by atoms with Crippen molar-refractivity contribution in [2.75, 3.05) is 39.0 Å². The van der Waals surface area contributed by atoms with Gasteiger partial charge in [-0.1, -0.05) is 11.6 Å². The largest absolute Gasteiger partial charge is 0.405 e. The Morgan fingerprint density at radius 3 is 2.60 bits per heavy atom.